The topological polar surface area (TPSA) is 86.8 Å². The zero-order valence-corrected chi connectivity index (χ0v) is 28.6. The first kappa shape index (κ1) is 33.4. The Hall–Kier alpha value is -3.95. The number of aryl methyl sites for hydroxylation is 2. The van der Waals surface area contributed by atoms with Crippen molar-refractivity contribution in [1.29, 1.82) is 0 Å². The first-order chi connectivity index (χ1) is 22.1. The van der Waals surface area contributed by atoms with Gasteiger partial charge in [0, 0.05) is 23.5 Å². The van der Waals surface area contributed by atoms with E-state index in [1.807, 2.05) is 80.6 Å². The minimum atomic E-state index is -4.14. The van der Waals surface area contributed by atoms with E-state index in [1.165, 1.54) is 0 Å². The second-order valence-corrected chi connectivity index (χ2v) is 14.8. The lowest BCUT2D eigenvalue weighted by Gasteiger charge is -2.34. The number of nitrogens with zero attached hydrogens (tertiary/aromatic N) is 2. The number of amides is 2. The van der Waals surface area contributed by atoms with Crippen LogP contribution in [0.4, 0.5) is 5.69 Å². The van der Waals surface area contributed by atoms with Crippen LogP contribution in [0.2, 0.25) is 0 Å². The Kier molecular flexibility index (Phi) is 11.0. The molecule has 7 nitrogen and oxygen atoms in total. The molecule has 240 valence electrons. The van der Waals surface area contributed by atoms with Crippen molar-refractivity contribution < 1.29 is 18.0 Å². The van der Waals surface area contributed by atoms with Crippen LogP contribution in [0.25, 0.3) is 0 Å². The van der Waals surface area contributed by atoms with Crippen LogP contribution in [-0.2, 0) is 32.6 Å². The van der Waals surface area contributed by atoms with Crippen molar-refractivity contribution in [2.45, 2.75) is 69.5 Å². The molecule has 9 heteroatoms. The third-order valence-corrected chi connectivity index (χ3v) is 10.8. The summed E-state index contributed by atoms with van der Waals surface area (Å²) in [7, 11) is -4.14. The molecule has 1 unspecified atom stereocenters. The van der Waals surface area contributed by atoms with Gasteiger partial charge in [-0.2, -0.15) is 0 Å². The molecule has 1 atom stereocenters. The van der Waals surface area contributed by atoms with E-state index in [-0.39, 0.29) is 29.8 Å². The van der Waals surface area contributed by atoms with E-state index in [0.717, 1.165) is 56.7 Å². The molecule has 1 aliphatic carbocycles. The first-order valence-electron chi connectivity index (χ1n) is 15.6. The lowest BCUT2D eigenvalue weighted by molar-refractivity contribution is -0.140. The van der Waals surface area contributed by atoms with Gasteiger partial charge in [-0.3, -0.25) is 13.9 Å². The highest BCUT2D eigenvalue weighted by Gasteiger charge is 2.35. The van der Waals surface area contributed by atoms with Crippen LogP contribution in [0.15, 0.2) is 112 Å². The number of nitrogens with one attached hydrogen (secondary N) is 1. The van der Waals surface area contributed by atoms with Crippen molar-refractivity contribution in [2.75, 3.05) is 10.8 Å². The molecule has 1 saturated carbocycles. The van der Waals surface area contributed by atoms with Gasteiger partial charge in [-0.1, -0.05) is 107 Å². The average Bonchev–Trinajstić information content (AvgIpc) is 3.56. The molecule has 0 spiro atoms. The number of carbonyl (C=O) groups is 2. The first-order valence-corrected chi connectivity index (χ1v) is 17.9. The fourth-order valence-corrected chi connectivity index (χ4v) is 7.46. The molecule has 0 radical (unpaired) electrons. The van der Waals surface area contributed by atoms with E-state index < -0.39 is 28.5 Å². The van der Waals surface area contributed by atoms with Crippen LogP contribution >= 0.6 is 15.9 Å². The van der Waals surface area contributed by atoms with Gasteiger partial charge in [-0.05, 0) is 74.2 Å². The summed E-state index contributed by atoms with van der Waals surface area (Å²) in [5, 5.41) is 3.21. The molecule has 0 aromatic heterocycles. The molecule has 1 N–H and O–H groups in total. The van der Waals surface area contributed by atoms with Crippen LogP contribution in [0.5, 0.6) is 0 Å². The molecule has 0 bridgehead atoms. The lowest BCUT2D eigenvalue weighted by Crippen LogP contribution is -2.54. The second-order valence-electron chi connectivity index (χ2n) is 12.0. The fourth-order valence-electron chi connectivity index (χ4n) is 5.79. The summed E-state index contributed by atoms with van der Waals surface area (Å²) < 4.78 is 30.4. The summed E-state index contributed by atoms with van der Waals surface area (Å²) in [5.74, 6) is -0.703. The number of rotatable bonds is 12. The van der Waals surface area contributed by atoms with Crippen molar-refractivity contribution in [1.82, 2.24) is 10.2 Å². The third-order valence-electron chi connectivity index (χ3n) is 8.45. The summed E-state index contributed by atoms with van der Waals surface area (Å²) in [6, 6.07) is 30.1. The van der Waals surface area contributed by atoms with E-state index in [9.17, 15) is 18.0 Å². The Labute approximate surface area is 280 Å². The summed E-state index contributed by atoms with van der Waals surface area (Å²) in [6.45, 7) is 3.47. The number of sulfonamides is 1. The van der Waals surface area contributed by atoms with Gasteiger partial charge in [0.1, 0.15) is 12.6 Å². The van der Waals surface area contributed by atoms with E-state index >= 15 is 0 Å². The lowest BCUT2D eigenvalue weighted by atomic mass is 10.0. The van der Waals surface area contributed by atoms with Gasteiger partial charge in [0.15, 0.2) is 0 Å². The molecule has 1 aliphatic rings. The van der Waals surface area contributed by atoms with Gasteiger partial charge in [0.05, 0.1) is 10.6 Å². The zero-order chi connectivity index (χ0) is 32.7. The smallest absolute Gasteiger partial charge is 0.264 e. The van der Waals surface area contributed by atoms with E-state index in [1.54, 1.807) is 41.3 Å². The number of hydrogen-bond acceptors (Lipinski definition) is 4. The molecule has 0 heterocycles. The van der Waals surface area contributed by atoms with Gasteiger partial charge in [0.25, 0.3) is 10.0 Å². The maximum atomic E-state index is 14.6. The number of carbonyl (C=O) groups excluding carboxylic acids is 2. The van der Waals surface area contributed by atoms with Crippen LogP contribution in [-0.4, -0.2) is 43.8 Å². The van der Waals surface area contributed by atoms with E-state index in [4.69, 9.17) is 0 Å². The monoisotopic (exact) mass is 701 g/mol. The average molecular weight is 703 g/mol. The molecule has 2 amide bonds. The van der Waals surface area contributed by atoms with Crippen molar-refractivity contribution in [3.05, 3.63) is 130 Å². The Morgan fingerprint density at radius 1 is 0.804 bits per heavy atom. The van der Waals surface area contributed by atoms with Crippen molar-refractivity contribution in [3.8, 4) is 0 Å². The molecule has 5 rings (SSSR count). The summed E-state index contributed by atoms with van der Waals surface area (Å²) in [5.41, 5.74) is 4.00. The third kappa shape index (κ3) is 8.44. The quantitative estimate of drug-likeness (QED) is 0.173. The Balaban J connectivity index is 1.55. The molecule has 4 aromatic carbocycles. The summed E-state index contributed by atoms with van der Waals surface area (Å²) >= 11 is 3.48. The largest absolute Gasteiger partial charge is 0.352 e. The maximum absolute atomic E-state index is 14.6. The number of hydrogen-bond donors (Lipinski definition) is 1. The van der Waals surface area contributed by atoms with Gasteiger partial charge in [-0.15, -0.1) is 0 Å². The van der Waals surface area contributed by atoms with E-state index in [2.05, 4.69) is 21.2 Å². The minimum absolute atomic E-state index is 0.0568. The molecule has 1 fully saturated rings. The van der Waals surface area contributed by atoms with Gasteiger partial charge < -0.3 is 10.2 Å². The number of halogens is 1. The van der Waals surface area contributed by atoms with Gasteiger partial charge in [-0.25, -0.2) is 8.42 Å². The van der Waals surface area contributed by atoms with Crippen molar-refractivity contribution in [3.63, 3.8) is 0 Å². The van der Waals surface area contributed by atoms with Crippen molar-refractivity contribution >= 4 is 43.5 Å². The number of anilines is 1. The zero-order valence-electron chi connectivity index (χ0n) is 26.2. The normalized spacial score (nSPS) is 14.1. The van der Waals surface area contributed by atoms with Crippen molar-refractivity contribution in [2.24, 2.45) is 0 Å². The molecular formula is C37H40BrN3O4S. The van der Waals surface area contributed by atoms with Crippen LogP contribution in [0, 0.1) is 13.8 Å². The fraction of sp³-hybridized carbons (Fsp3) is 0.297. The van der Waals surface area contributed by atoms with Crippen LogP contribution in [0.3, 0.4) is 0 Å². The molecule has 0 aliphatic heterocycles. The van der Waals surface area contributed by atoms with Crippen LogP contribution < -0.4 is 9.62 Å². The Morgan fingerprint density at radius 3 is 2.00 bits per heavy atom. The Morgan fingerprint density at radius 2 is 1.39 bits per heavy atom. The summed E-state index contributed by atoms with van der Waals surface area (Å²) in [4.78, 5) is 30.3. The highest BCUT2D eigenvalue weighted by Crippen LogP contribution is 2.26. The summed E-state index contributed by atoms with van der Waals surface area (Å²) in [6.07, 6.45) is 4.20. The van der Waals surface area contributed by atoms with Crippen LogP contribution in [0.1, 0.15) is 47.9 Å². The molecule has 0 saturated heterocycles. The highest BCUT2D eigenvalue weighted by atomic mass is 79.9. The Bertz CT molecular complexity index is 1720. The standard InChI is InChI=1S/C37H40BrN3O4S/c1-27-12-20-33(21-13-27)41(46(44,45)34-22-14-28(2)15-23-34)26-36(42)40(25-30-16-18-31(38)19-17-30)35(24-29-8-4-3-5-9-29)37(43)39-32-10-6-7-11-32/h3-5,8-9,12-23,32,35H,6-7,10-11,24-26H2,1-2H3,(H,39,43). The molecule has 46 heavy (non-hydrogen) atoms. The molecule has 4 aromatic rings. The minimum Gasteiger partial charge on any atom is -0.352 e. The predicted molar refractivity (Wildman–Crippen MR) is 186 cm³/mol. The van der Waals surface area contributed by atoms with E-state index in [0.29, 0.717) is 5.69 Å². The van der Waals surface area contributed by atoms with Gasteiger partial charge in [0.2, 0.25) is 11.8 Å². The second kappa shape index (κ2) is 15.1. The predicted octanol–water partition coefficient (Wildman–Crippen LogP) is 6.96. The van der Waals surface area contributed by atoms with Gasteiger partial charge >= 0.3 is 0 Å². The highest BCUT2D eigenvalue weighted by molar-refractivity contribution is 9.10. The number of benzene rings is 4. The molecular weight excluding hydrogens is 662 g/mol. The SMILES string of the molecule is Cc1ccc(N(CC(=O)N(Cc2ccc(Br)cc2)C(Cc2ccccc2)C(=O)NC2CCCC2)S(=O)(=O)c2ccc(C)cc2)cc1. The maximum Gasteiger partial charge on any atom is 0.264 e.